The molecular formula is C32H38N6O6. The second-order valence-electron chi connectivity index (χ2n) is 10.7. The number of amides is 2. The van der Waals surface area contributed by atoms with E-state index in [-0.39, 0.29) is 30.9 Å². The van der Waals surface area contributed by atoms with Gasteiger partial charge in [-0.15, -0.1) is 10.2 Å². The standard InChI is InChI=1S/C32H38N6O6/c1-41-25-14-12-23(13-15-25)31-34-36-38(35-31)21-29(39)37(18-17-22-11-16-26(42-2)28(20-22)43-3)30(27-10-7-19-44-27)32(40)33-24-8-5-4-6-9-24/h7,10-16,19-20,24,30H,4-6,8-9,17-18,21H2,1-3H3,(H,33,40)/t30-/m1/s1. The number of rotatable bonds is 13. The normalized spacial score (nSPS) is 14.1. The molecule has 232 valence electrons. The maximum absolute atomic E-state index is 14.0. The molecule has 1 saturated carbocycles. The first-order chi connectivity index (χ1) is 21.5. The van der Waals surface area contributed by atoms with Crippen molar-refractivity contribution in [3.63, 3.8) is 0 Å². The van der Waals surface area contributed by atoms with Crippen molar-refractivity contribution in [3.05, 3.63) is 72.2 Å². The van der Waals surface area contributed by atoms with Crippen LogP contribution >= 0.6 is 0 Å². The topological polar surface area (TPSA) is 134 Å². The summed E-state index contributed by atoms with van der Waals surface area (Å²) >= 11 is 0. The zero-order valence-electron chi connectivity index (χ0n) is 25.3. The third-order valence-corrected chi connectivity index (χ3v) is 7.81. The van der Waals surface area contributed by atoms with Gasteiger partial charge in [-0.25, -0.2) is 0 Å². The van der Waals surface area contributed by atoms with Gasteiger partial charge in [-0.2, -0.15) is 4.80 Å². The van der Waals surface area contributed by atoms with E-state index in [4.69, 9.17) is 18.6 Å². The van der Waals surface area contributed by atoms with Crippen molar-refractivity contribution in [1.82, 2.24) is 30.4 Å². The largest absolute Gasteiger partial charge is 0.497 e. The first-order valence-electron chi connectivity index (χ1n) is 14.8. The van der Waals surface area contributed by atoms with E-state index in [0.29, 0.717) is 35.3 Å². The molecule has 0 bridgehead atoms. The molecule has 1 N–H and O–H groups in total. The molecule has 2 amide bonds. The number of ether oxygens (including phenoxy) is 3. The van der Waals surface area contributed by atoms with Gasteiger partial charge in [0.25, 0.3) is 5.91 Å². The lowest BCUT2D eigenvalue weighted by molar-refractivity contribution is -0.142. The number of aromatic nitrogens is 4. The number of carbonyl (C=O) groups excluding carboxylic acids is 2. The second kappa shape index (κ2) is 14.5. The number of nitrogens with zero attached hydrogens (tertiary/aromatic N) is 5. The number of furan rings is 1. The van der Waals surface area contributed by atoms with E-state index in [0.717, 1.165) is 43.2 Å². The summed E-state index contributed by atoms with van der Waals surface area (Å²) in [5, 5.41) is 15.9. The lowest BCUT2D eigenvalue weighted by Crippen LogP contribution is -2.48. The molecule has 0 saturated heterocycles. The van der Waals surface area contributed by atoms with Crippen molar-refractivity contribution >= 4 is 11.8 Å². The Balaban J connectivity index is 1.41. The highest BCUT2D eigenvalue weighted by Crippen LogP contribution is 2.29. The molecule has 0 spiro atoms. The van der Waals surface area contributed by atoms with Crippen molar-refractivity contribution in [3.8, 4) is 28.6 Å². The monoisotopic (exact) mass is 602 g/mol. The van der Waals surface area contributed by atoms with Gasteiger partial charge in [0.1, 0.15) is 18.1 Å². The first kappa shape index (κ1) is 30.6. The third-order valence-electron chi connectivity index (χ3n) is 7.81. The minimum absolute atomic E-state index is 0.0561. The highest BCUT2D eigenvalue weighted by molar-refractivity contribution is 5.88. The predicted molar refractivity (Wildman–Crippen MR) is 161 cm³/mol. The molecule has 4 aromatic rings. The summed E-state index contributed by atoms with van der Waals surface area (Å²) in [6, 6.07) is 15.3. The van der Waals surface area contributed by atoms with Crippen molar-refractivity contribution in [2.24, 2.45) is 0 Å². The van der Waals surface area contributed by atoms with Gasteiger partial charge in [0.15, 0.2) is 17.5 Å². The van der Waals surface area contributed by atoms with Crippen LogP contribution in [-0.2, 0) is 22.6 Å². The Hall–Kier alpha value is -4.87. The van der Waals surface area contributed by atoms with E-state index in [1.165, 1.54) is 16.0 Å². The number of benzene rings is 2. The lowest BCUT2D eigenvalue weighted by Gasteiger charge is -2.32. The minimum Gasteiger partial charge on any atom is -0.497 e. The van der Waals surface area contributed by atoms with E-state index >= 15 is 0 Å². The Morgan fingerprint density at radius 1 is 1.00 bits per heavy atom. The van der Waals surface area contributed by atoms with Crippen molar-refractivity contribution in [2.75, 3.05) is 27.9 Å². The van der Waals surface area contributed by atoms with E-state index in [1.54, 1.807) is 45.6 Å². The van der Waals surface area contributed by atoms with Gasteiger partial charge in [0, 0.05) is 18.2 Å². The third kappa shape index (κ3) is 7.36. The van der Waals surface area contributed by atoms with Crippen LogP contribution in [0.5, 0.6) is 17.2 Å². The smallest absolute Gasteiger partial charge is 0.250 e. The number of nitrogens with one attached hydrogen (secondary N) is 1. The molecule has 1 aliphatic carbocycles. The predicted octanol–water partition coefficient (Wildman–Crippen LogP) is 4.22. The average Bonchev–Trinajstić information content (AvgIpc) is 3.76. The summed E-state index contributed by atoms with van der Waals surface area (Å²) in [7, 11) is 4.75. The van der Waals surface area contributed by atoms with Crippen LogP contribution in [0.25, 0.3) is 11.4 Å². The molecule has 5 rings (SSSR count). The molecule has 12 nitrogen and oxygen atoms in total. The highest BCUT2D eigenvalue weighted by atomic mass is 16.5. The molecule has 12 heteroatoms. The maximum Gasteiger partial charge on any atom is 0.250 e. The fraction of sp³-hybridized carbons (Fsp3) is 0.406. The molecule has 1 atom stereocenters. The summed E-state index contributed by atoms with van der Waals surface area (Å²) in [4.78, 5) is 30.7. The second-order valence-corrected chi connectivity index (χ2v) is 10.7. The Kier molecular flexibility index (Phi) is 10.1. The maximum atomic E-state index is 14.0. The SMILES string of the molecule is COc1ccc(-c2nnn(CC(=O)N(CCc3ccc(OC)c(OC)c3)[C@@H](C(=O)NC3CCCCC3)c3ccco3)n2)cc1. The van der Waals surface area contributed by atoms with Gasteiger partial charge in [-0.05, 0) is 78.6 Å². The lowest BCUT2D eigenvalue weighted by atomic mass is 9.95. The van der Waals surface area contributed by atoms with Gasteiger partial charge in [0.05, 0.1) is 27.6 Å². The van der Waals surface area contributed by atoms with Crippen LogP contribution in [0.4, 0.5) is 0 Å². The summed E-state index contributed by atoms with van der Waals surface area (Å²) in [5.74, 6) is 2.01. The van der Waals surface area contributed by atoms with Gasteiger partial charge >= 0.3 is 0 Å². The van der Waals surface area contributed by atoms with Gasteiger partial charge < -0.3 is 28.8 Å². The highest BCUT2D eigenvalue weighted by Gasteiger charge is 2.35. The first-order valence-corrected chi connectivity index (χ1v) is 14.8. The number of hydrogen-bond acceptors (Lipinski definition) is 9. The fourth-order valence-corrected chi connectivity index (χ4v) is 5.46. The van der Waals surface area contributed by atoms with Crippen LogP contribution in [0.3, 0.4) is 0 Å². The Bertz CT molecular complexity index is 1510. The molecule has 0 radical (unpaired) electrons. The van der Waals surface area contributed by atoms with Crippen LogP contribution in [0.1, 0.15) is 49.5 Å². The number of tetrazole rings is 1. The number of methoxy groups -OCH3 is 3. The van der Waals surface area contributed by atoms with E-state index in [2.05, 4.69) is 20.7 Å². The zero-order chi connectivity index (χ0) is 30.9. The van der Waals surface area contributed by atoms with Crippen molar-refractivity contribution < 1.29 is 28.2 Å². The quantitative estimate of drug-likeness (QED) is 0.239. The average molecular weight is 603 g/mol. The van der Waals surface area contributed by atoms with E-state index < -0.39 is 6.04 Å². The summed E-state index contributed by atoms with van der Waals surface area (Å²) < 4.78 is 21.8. The van der Waals surface area contributed by atoms with Crippen LogP contribution in [0.15, 0.2) is 65.3 Å². The van der Waals surface area contributed by atoms with E-state index in [9.17, 15) is 9.59 Å². The molecule has 0 aliphatic heterocycles. The van der Waals surface area contributed by atoms with Crippen molar-refractivity contribution in [1.29, 1.82) is 0 Å². The molecule has 2 aromatic carbocycles. The van der Waals surface area contributed by atoms with Crippen LogP contribution < -0.4 is 19.5 Å². The molecule has 2 heterocycles. The Morgan fingerprint density at radius 3 is 2.45 bits per heavy atom. The zero-order valence-corrected chi connectivity index (χ0v) is 25.3. The van der Waals surface area contributed by atoms with Crippen LogP contribution in [-0.4, -0.2) is 70.8 Å². The Morgan fingerprint density at radius 2 is 1.77 bits per heavy atom. The molecule has 1 aliphatic rings. The van der Waals surface area contributed by atoms with Crippen molar-refractivity contribution in [2.45, 2.75) is 57.2 Å². The molecule has 2 aromatic heterocycles. The van der Waals surface area contributed by atoms with Gasteiger partial charge in [-0.3, -0.25) is 9.59 Å². The Labute approximate surface area is 256 Å². The molecule has 0 unspecified atom stereocenters. The molecular weight excluding hydrogens is 564 g/mol. The van der Waals surface area contributed by atoms with Gasteiger partial charge in [-0.1, -0.05) is 25.3 Å². The summed E-state index contributed by atoms with van der Waals surface area (Å²) in [6.45, 7) is 0.000803. The molecule has 44 heavy (non-hydrogen) atoms. The summed E-state index contributed by atoms with van der Waals surface area (Å²) in [6.07, 6.45) is 7.06. The number of carbonyl (C=O) groups is 2. The molecule has 1 fully saturated rings. The van der Waals surface area contributed by atoms with E-state index in [1.807, 2.05) is 30.3 Å². The van der Waals surface area contributed by atoms with Crippen LogP contribution in [0.2, 0.25) is 0 Å². The van der Waals surface area contributed by atoms with Gasteiger partial charge in [0.2, 0.25) is 11.7 Å². The number of hydrogen-bond donors (Lipinski definition) is 1. The fourth-order valence-electron chi connectivity index (χ4n) is 5.46. The van der Waals surface area contributed by atoms with Crippen LogP contribution in [0, 0.1) is 0 Å². The summed E-state index contributed by atoms with van der Waals surface area (Å²) in [5.41, 5.74) is 1.64. The minimum atomic E-state index is -0.982.